The number of amides is 1. The number of hydrogen-bond acceptors (Lipinski definition) is 6. The van der Waals surface area contributed by atoms with Gasteiger partial charge < -0.3 is 15.9 Å². The van der Waals surface area contributed by atoms with E-state index < -0.39 is 0 Å². The van der Waals surface area contributed by atoms with Crippen LogP contribution in [0.5, 0.6) is 0 Å². The van der Waals surface area contributed by atoms with E-state index in [4.69, 9.17) is 10.6 Å². The third-order valence-electron chi connectivity index (χ3n) is 3.00. The molecule has 124 valence electrons. The third-order valence-corrected chi connectivity index (χ3v) is 4.55. The second kappa shape index (κ2) is 8.32. The number of halogens is 1. The lowest BCUT2D eigenvalue weighted by atomic mass is 10.2. The van der Waals surface area contributed by atoms with Crippen molar-refractivity contribution in [1.82, 2.24) is 20.2 Å². The summed E-state index contributed by atoms with van der Waals surface area (Å²) in [5, 5.41) is 11.1. The highest BCUT2D eigenvalue weighted by Crippen LogP contribution is 2.26. The molecule has 1 aromatic heterocycles. The Hall–Kier alpha value is -1.58. The summed E-state index contributed by atoms with van der Waals surface area (Å²) in [7, 11) is 1.59. The maximum atomic E-state index is 12.0. The first-order valence-corrected chi connectivity index (χ1v) is 8.60. The van der Waals surface area contributed by atoms with Crippen LogP contribution in [0, 0.1) is 0 Å². The molecule has 0 radical (unpaired) electrons. The van der Waals surface area contributed by atoms with E-state index >= 15 is 0 Å². The number of ether oxygens (including phenoxy) is 1. The molecule has 0 fully saturated rings. The quantitative estimate of drug-likeness (QED) is 0.417. The van der Waals surface area contributed by atoms with Crippen LogP contribution in [0.1, 0.15) is 6.92 Å². The molecule has 1 atom stereocenters. The number of nitrogen functional groups attached to an aromatic ring is 1. The van der Waals surface area contributed by atoms with Crippen molar-refractivity contribution in [3.05, 3.63) is 28.7 Å². The van der Waals surface area contributed by atoms with Crippen molar-refractivity contribution in [2.75, 3.05) is 26.1 Å². The summed E-state index contributed by atoms with van der Waals surface area (Å²) >= 11 is 4.67. The van der Waals surface area contributed by atoms with Gasteiger partial charge >= 0.3 is 0 Å². The van der Waals surface area contributed by atoms with Crippen LogP contribution in [0.2, 0.25) is 0 Å². The van der Waals surface area contributed by atoms with Crippen LogP contribution in [-0.2, 0) is 9.53 Å². The van der Waals surface area contributed by atoms with Crippen LogP contribution >= 0.6 is 27.7 Å². The highest BCUT2D eigenvalue weighted by atomic mass is 79.9. The van der Waals surface area contributed by atoms with E-state index in [0.29, 0.717) is 24.1 Å². The molecule has 9 heteroatoms. The molecule has 0 aliphatic rings. The first-order valence-electron chi connectivity index (χ1n) is 6.92. The lowest BCUT2D eigenvalue weighted by molar-refractivity contribution is -0.120. The van der Waals surface area contributed by atoms with E-state index in [1.807, 2.05) is 24.3 Å². The van der Waals surface area contributed by atoms with Gasteiger partial charge in [-0.05, 0) is 19.1 Å². The number of methoxy groups -OCH3 is 1. The van der Waals surface area contributed by atoms with Gasteiger partial charge in [0.25, 0.3) is 0 Å². The van der Waals surface area contributed by atoms with E-state index in [2.05, 4.69) is 31.4 Å². The van der Waals surface area contributed by atoms with Crippen molar-refractivity contribution >= 4 is 33.6 Å². The highest BCUT2D eigenvalue weighted by Gasteiger charge is 2.19. The van der Waals surface area contributed by atoms with Gasteiger partial charge in [-0.15, -0.1) is 10.2 Å². The van der Waals surface area contributed by atoms with Gasteiger partial charge in [0.1, 0.15) is 0 Å². The SMILES string of the molecule is COCCNC(=O)[C@H](C)Sc1nnc(-c2cccc(Br)c2)n1N. The molecule has 0 saturated carbocycles. The standard InChI is InChI=1S/C14H18BrN5O2S/c1-9(13(21)17-6-7-22-2)23-14-19-18-12(20(14)16)10-4-3-5-11(15)8-10/h3-5,8-9H,6-7,16H2,1-2H3,(H,17,21)/t9-/m0/s1. The number of thioether (sulfide) groups is 1. The predicted molar refractivity (Wildman–Crippen MR) is 93.5 cm³/mol. The maximum Gasteiger partial charge on any atom is 0.233 e. The molecule has 2 rings (SSSR count). The van der Waals surface area contributed by atoms with Crippen molar-refractivity contribution in [2.24, 2.45) is 0 Å². The Bertz CT molecular complexity index is 679. The van der Waals surface area contributed by atoms with Crippen molar-refractivity contribution in [3.63, 3.8) is 0 Å². The molecular weight excluding hydrogens is 382 g/mol. The van der Waals surface area contributed by atoms with Crippen molar-refractivity contribution in [3.8, 4) is 11.4 Å². The summed E-state index contributed by atoms with van der Waals surface area (Å²) in [5.74, 6) is 6.50. The second-order valence-corrected chi connectivity index (χ2v) is 6.95. The van der Waals surface area contributed by atoms with Crippen molar-refractivity contribution in [1.29, 1.82) is 0 Å². The number of benzene rings is 1. The third kappa shape index (κ3) is 4.69. The van der Waals surface area contributed by atoms with Gasteiger partial charge in [-0.2, -0.15) is 0 Å². The molecular formula is C14H18BrN5O2S. The summed E-state index contributed by atoms with van der Waals surface area (Å²) in [6.07, 6.45) is 0. The van der Waals surface area contributed by atoms with E-state index in [1.54, 1.807) is 14.0 Å². The van der Waals surface area contributed by atoms with Crippen LogP contribution in [-0.4, -0.2) is 46.3 Å². The van der Waals surface area contributed by atoms with E-state index in [-0.39, 0.29) is 11.2 Å². The number of nitrogens with one attached hydrogen (secondary N) is 1. The zero-order valence-electron chi connectivity index (χ0n) is 12.8. The lowest BCUT2D eigenvalue weighted by Gasteiger charge is -2.11. The van der Waals surface area contributed by atoms with E-state index in [1.165, 1.54) is 16.4 Å². The Balaban J connectivity index is 2.06. The van der Waals surface area contributed by atoms with Gasteiger partial charge in [0.2, 0.25) is 11.1 Å². The Morgan fingerprint density at radius 3 is 3.00 bits per heavy atom. The van der Waals surface area contributed by atoms with Crippen molar-refractivity contribution in [2.45, 2.75) is 17.3 Å². The van der Waals surface area contributed by atoms with Gasteiger partial charge in [0.15, 0.2) is 5.82 Å². The summed E-state index contributed by atoms with van der Waals surface area (Å²) in [6.45, 7) is 2.74. The normalized spacial score (nSPS) is 12.1. The van der Waals surface area contributed by atoms with Crippen LogP contribution in [0.4, 0.5) is 0 Å². The number of aromatic nitrogens is 3. The number of hydrogen-bond donors (Lipinski definition) is 2. The first kappa shape index (κ1) is 17.8. The molecule has 0 saturated heterocycles. The number of carbonyl (C=O) groups excluding carboxylic acids is 1. The number of nitrogens with two attached hydrogens (primary N) is 1. The summed E-state index contributed by atoms with van der Waals surface area (Å²) in [6, 6.07) is 7.62. The van der Waals surface area contributed by atoms with E-state index in [9.17, 15) is 4.79 Å². The second-order valence-electron chi connectivity index (χ2n) is 4.73. The molecule has 0 spiro atoms. The predicted octanol–water partition coefficient (Wildman–Crippen LogP) is 1.66. The Kier molecular flexibility index (Phi) is 6.43. The topological polar surface area (TPSA) is 95.1 Å². The van der Waals surface area contributed by atoms with Crippen molar-refractivity contribution < 1.29 is 9.53 Å². The molecule has 1 amide bonds. The first-order chi connectivity index (χ1) is 11.0. The minimum absolute atomic E-state index is 0.0981. The van der Waals surface area contributed by atoms with Crippen LogP contribution in [0.25, 0.3) is 11.4 Å². The summed E-state index contributed by atoms with van der Waals surface area (Å²) in [4.78, 5) is 12.0. The monoisotopic (exact) mass is 399 g/mol. The maximum absolute atomic E-state index is 12.0. The largest absolute Gasteiger partial charge is 0.383 e. The number of carbonyl (C=O) groups is 1. The Morgan fingerprint density at radius 1 is 1.52 bits per heavy atom. The lowest BCUT2D eigenvalue weighted by Crippen LogP contribution is -2.33. The molecule has 0 bridgehead atoms. The molecule has 0 unspecified atom stereocenters. The number of rotatable bonds is 7. The average Bonchev–Trinajstić information content (AvgIpc) is 2.88. The van der Waals surface area contributed by atoms with Crippen LogP contribution in [0.15, 0.2) is 33.9 Å². The molecule has 23 heavy (non-hydrogen) atoms. The average molecular weight is 400 g/mol. The van der Waals surface area contributed by atoms with Gasteiger partial charge in [0, 0.05) is 23.7 Å². The highest BCUT2D eigenvalue weighted by molar-refractivity contribution is 9.10. The molecule has 2 aromatic rings. The van der Waals surface area contributed by atoms with Gasteiger partial charge in [-0.1, -0.05) is 39.8 Å². The minimum Gasteiger partial charge on any atom is -0.383 e. The zero-order valence-corrected chi connectivity index (χ0v) is 15.2. The van der Waals surface area contributed by atoms with Crippen LogP contribution < -0.4 is 11.2 Å². The smallest absolute Gasteiger partial charge is 0.233 e. The Morgan fingerprint density at radius 2 is 2.30 bits per heavy atom. The summed E-state index contributed by atoms with van der Waals surface area (Å²) in [5.41, 5.74) is 0.846. The fourth-order valence-corrected chi connectivity index (χ4v) is 3.01. The zero-order chi connectivity index (χ0) is 16.8. The molecule has 0 aliphatic carbocycles. The fraction of sp³-hybridized carbons (Fsp3) is 0.357. The molecule has 1 heterocycles. The van der Waals surface area contributed by atoms with Gasteiger partial charge in [0.05, 0.1) is 11.9 Å². The van der Waals surface area contributed by atoms with Crippen LogP contribution in [0.3, 0.4) is 0 Å². The number of nitrogens with zero attached hydrogens (tertiary/aromatic N) is 3. The van der Waals surface area contributed by atoms with Gasteiger partial charge in [-0.25, -0.2) is 4.68 Å². The molecule has 3 N–H and O–H groups in total. The molecule has 7 nitrogen and oxygen atoms in total. The molecule has 0 aliphatic heterocycles. The Labute approximate surface area is 147 Å². The fourth-order valence-electron chi connectivity index (χ4n) is 1.81. The minimum atomic E-state index is -0.339. The van der Waals surface area contributed by atoms with E-state index in [0.717, 1.165) is 10.0 Å². The van der Waals surface area contributed by atoms with Gasteiger partial charge in [-0.3, -0.25) is 4.79 Å². The summed E-state index contributed by atoms with van der Waals surface area (Å²) < 4.78 is 7.22. The molecule has 1 aromatic carbocycles.